The SMILES string of the molecule is O=C(O)CC1CCN(C(=O)C(F)(F)c2ccccc2)CC1. The van der Waals surface area contributed by atoms with E-state index in [-0.39, 0.29) is 31.0 Å². The van der Waals surface area contributed by atoms with Crippen molar-refractivity contribution in [2.45, 2.75) is 25.2 Å². The lowest BCUT2D eigenvalue weighted by Crippen LogP contribution is -2.46. The fraction of sp³-hybridized carbons (Fsp3) is 0.467. The predicted molar refractivity (Wildman–Crippen MR) is 71.9 cm³/mol. The minimum atomic E-state index is -3.54. The number of piperidine rings is 1. The Morgan fingerprint density at radius 2 is 1.76 bits per heavy atom. The molecular formula is C15H17F2NO3. The van der Waals surface area contributed by atoms with Crippen molar-refractivity contribution in [3.63, 3.8) is 0 Å². The Morgan fingerprint density at radius 1 is 1.19 bits per heavy atom. The molecule has 114 valence electrons. The maximum absolute atomic E-state index is 14.2. The molecule has 0 aliphatic carbocycles. The van der Waals surface area contributed by atoms with Gasteiger partial charge in [0.15, 0.2) is 0 Å². The van der Waals surface area contributed by atoms with Crippen LogP contribution in [-0.4, -0.2) is 35.0 Å². The van der Waals surface area contributed by atoms with Gasteiger partial charge >= 0.3 is 11.9 Å². The first-order valence-electron chi connectivity index (χ1n) is 6.85. The third kappa shape index (κ3) is 3.56. The summed E-state index contributed by atoms with van der Waals surface area (Å²) in [5.74, 6) is -5.69. The molecule has 1 saturated heterocycles. The Morgan fingerprint density at radius 3 is 2.29 bits per heavy atom. The molecule has 1 aromatic carbocycles. The number of hydrogen-bond acceptors (Lipinski definition) is 2. The number of rotatable bonds is 4. The van der Waals surface area contributed by atoms with Gasteiger partial charge in [0.2, 0.25) is 0 Å². The predicted octanol–water partition coefficient (Wildman–Crippen LogP) is 2.49. The zero-order valence-electron chi connectivity index (χ0n) is 11.5. The quantitative estimate of drug-likeness (QED) is 0.929. The highest BCUT2D eigenvalue weighted by molar-refractivity contribution is 5.85. The smallest absolute Gasteiger partial charge is 0.349 e. The van der Waals surface area contributed by atoms with Crippen molar-refractivity contribution in [3.05, 3.63) is 35.9 Å². The van der Waals surface area contributed by atoms with Crippen molar-refractivity contribution in [1.29, 1.82) is 0 Å². The normalized spacial score (nSPS) is 16.8. The van der Waals surface area contributed by atoms with E-state index in [1.54, 1.807) is 6.07 Å². The molecule has 0 spiro atoms. The lowest BCUT2D eigenvalue weighted by molar-refractivity contribution is -0.160. The van der Waals surface area contributed by atoms with Crippen LogP contribution in [0.3, 0.4) is 0 Å². The number of likely N-dealkylation sites (tertiary alicyclic amines) is 1. The van der Waals surface area contributed by atoms with Gasteiger partial charge in [-0.2, -0.15) is 8.78 Å². The van der Waals surface area contributed by atoms with Crippen LogP contribution in [0.1, 0.15) is 24.8 Å². The fourth-order valence-corrected chi connectivity index (χ4v) is 2.56. The highest BCUT2D eigenvalue weighted by Gasteiger charge is 2.44. The van der Waals surface area contributed by atoms with Gasteiger partial charge in [0, 0.05) is 25.1 Å². The van der Waals surface area contributed by atoms with Gasteiger partial charge in [-0.1, -0.05) is 30.3 Å². The molecule has 0 saturated carbocycles. The van der Waals surface area contributed by atoms with Gasteiger partial charge in [-0.3, -0.25) is 9.59 Å². The summed E-state index contributed by atoms with van der Waals surface area (Å²) in [5, 5.41) is 8.72. The van der Waals surface area contributed by atoms with Gasteiger partial charge < -0.3 is 10.0 Å². The number of aliphatic carboxylic acids is 1. The molecule has 0 bridgehead atoms. The lowest BCUT2D eigenvalue weighted by atomic mass is 9.93. The van der Waals surface area contributed by atoms with Crippen LogP contribution in [0, 0.1) is 5.92 Å². The van der Waals surface area contributed by atoms with Crippen molar-refractivity contribution in [2.75, 3.05) is 13.1 Å². The summed E-state index contributed by atoms with van der Waals surface area (Å²) in [7, 11) is 0. The second-order valence-corrected chi connectivity index (χ2v) is 5.27. The van der Waals surface area contributed by atoms with Crippen LogP contribution in [0.15, 0.2) is 30.3 Å². The summed E-state index contributed by atoms with van der Waals surface area (Å²) < 4.78 is 28.3. The van der Waals surface area contributed by atoms with Gasteiger partial charge in [-0.15, -0.1) is 0 Å². The van der Waals surface area contributed by atoms with Crippen molar-refractivity contribution in [1.82, 2.24) is 4.90 Å². The molecule has 1 aliphatic heterocycles. The molecule has 1 aromatic rings. The van der Waals surface area contributed by atoms with Gasteiger partial charge in [0.25, 0.3) is 5.91 Å². The number of alkyl halides is 2. The molecule has 0 unspecified atom stereocenters. The monoisotopic (exact) mass is 297 g/mol. The third-order valence-electron chi connectivity index (χ3n) is 3.77. The highest BCUT2D eigenvalue weighted by Crippen LogP contribution is 2.32. The van der Waals surface area contributed by atoms with Crippen molar-refractivity contribution >= 4 is 11.9 Å². The second-order valence-electron chi connectivity index (χ2n) is 5.27. The van der Waals surface area contributed by atoms with Crippen LogP contribution >= 0.6 is 0 Å². The Bertz CT molecular complexity index is 511. The van der Waals surface area contributed by atoms with Crippen molar-refractivity contribution in [2.24, 2.45) is 5.92 Å². The van der Waals surface area contributed by atoms with E-state index < -0.39 is 17.8 Å². The molecule has 0 aromatic heterocycles. The number of carboxylic acids is 1. The average molecular weight is 297 g/mol. The van der Waals surface area contributed by atoms with Crippen LogP contribution in [-0.2, 0) is 15.5 Å². The van der Waals surface area contributed by atoms with Crippen LogP contribution in [0.2, 0.25) is 0 Å². The number of carbonyl (C=O) groups is 2. The maximum Gasteiger partial charge on any atom is 0.349 e. The van der Waals surface area contributed by atoms with Gasteiger partial charge in [0.1, 0.15) is 0 Å². The molecule has 21 heavy (non-hydrogen) atoms. The first-order chi connectivity index (χ1) is 9.91. The Hall–Kier alpha value is -1.98. The molecule has 6 heteroatoms. The topological polar surface area (TPSA) is 57.6 Å². The first kappa shape index (κ1) is 15.4. The standard InChI is InChI=1S/C15H17F2NO3/c16-15(17,12-4-2-1-3-5-12)14(21)18-8-6-11(7-9-18)10-13(19)20/h1-5,11H,6-10H2,(H,19,20). The summed E-state index contributed by atoms with van der Waals surface area (Å²) >= 11 is 0. The zero-order chi connectivity index (χ0) is 15.5. The summed E-state index contributed by atoms with van der Waals surface area (Å²) in [4.78, 5) is 23.8. The summed E-state index contributed by atoms with van der Waals surface area (Å²) in [6.07, 6.45) is 0.920. The van der Waals surface area contributed by atoms with Gasteiger partial charge in [-0.25, -0.2) is 0 Å². The maximum atomic E-state index is 14.2. The molecule has 1 N–H and O–H groups in total. The number of benzene rings is 1. The van der Waals surface area contributed by atoms with E-state index in [9.17, 15) is 18.4 Å². The fourth-order valence-electron chi connectivity index (χ4n) is 2.56. The molecule has 1 fully saturated rings. The van der Waals surface area contributed by atoms with E-state index >= 15 is 0 Å². The molecule has 2 rings (SSSR count). The number of carbonyl (C=O) groups excluding carboxylic acids is 1. The van der Waals surface area contributed by atoms with Crippen LogP contribution < -0.4 is 0 Å². The largest absolute Gasteiger partial charge is 0.481 e. The van der Waals surface area contributed by atoms with Gasteiger partial charge in [0.05, 0.1) is 0 Å². The number of nitrogens with zero attached hydrogens (tertiary/aromatic N) is 1. The van der Waals surface area contributed by atoms with E-state index in [0.29, 0.717) is 12.8 Å². The Labute approximate surface area is 121 Å². The summed E-state index contributed by atoms with van der Waals surface area (Å²) in [5.41, 5.74) is -0.317. The lowest BCUT2D eigenvalue weighted by Gasteiger charge is -2.33. The van der Waals surface area contributed by atoms with E-state index in [4.69, 9.17) is 5.11 Å². The molecule has 0 radical (unpaired) electrons. The van der Waals surface area contributed by atoms with E-state index in [1.807, 2.05) is 0 Å². The third-order valence-corrected chi connectivity index (χ3v) is 3.77. The zero-order valence-corrected chi connectivity index (χ0v) is 11.5. The second kappa shape index (κ2) is 6.20. The Balaban J connectivity index is 2.00. The van der Waals surface area contributed by atoms with Gasteiger partial charge in [-0.05, 0) is 18.8 Å². The molecular weight excluding hydrogens is 280 g/mol. The number of amides is 1. The van der Waals surface area contributed by atoms with Crippen LogP contribution in [0.5, 0.6) is 0 Å². The minimum Gasteiger partial charge on any atom is -0.481 e. The number of hydrogen-bond donors (Lipinski definition) is 1. The van der Waals surface area contributed by atoms with E-state index in [1.165, 1.54) is 24.3 Å². The van der Waals surface area contributed by atoms with Crippen LogP contribution in [0.4, 0.5) is 8.78 Å². The molecule has 4 nitrogen and oxygen atoms in total. The van der Waals surface area contributed by atoms with E-state index in [0.717, 1.165) is 4.90 Å². The Kier molecular flexibility index (Phi) is 4.55. The summed E-state index contributed by atoms with van der Waals surface area (Å²) in [6, 6.07) is 7.01. The average Bonchev–Trinajstić information content (AvgIpc) is 2.47. The summed E-state index contributed by atoms with van der Waals surface area (Å²) in [6.45, 7) is 0.360. The molecule has 1 heterocycles. The minimum absolute atomic E-state index is 0.0249. The number of halogens is 2. The molecule has 1 amide bonds. The first-order valence-corrected chi connectivity index (χ1v) is 6.85. The number of carboxylic acid groups (broad SMARTS) is 1. The van der Waals surface area contributed by atoms with E-state index in [2.05, 4.69) is 0 Å². The molecule has 1 aliphatic rings. The van der Waals surface area contributed by atoms with Crippen molar-refractivity contribution < 1.29 is 23.5 Å². The highest BCUT2D eigenvalue weighted by atomic mass is 19.3. The van der Waals surface area contributed by atoms with Crippen LogP contribution in [0.25, 0.3) is 0 Å². The van der Waals surface area contributed by atoms with Crippen molar-refractivity contribution in [3.8, 4) is 0 Å². The molecule has 0 atom stereocenters.